The summed E-state index contributed by atoms with van der Waals surface area (Å²) in [6.07, 6.45) is 4.89. The third kappa shape index (κ3) is 3.15. The Morgan fingerprint density at radius 1 is 1.60 bits per heavy atom. The van der Waals surface area contributed by atoms with Crippen LogP contribution in [-0.2, 0) is 0 Å². The molecule has 3 nitrogen and oxygen atoms in total. The predicted molar refractivity (Wildman–Crippen MR) is 88.6 cm³/mol. The number of carbonyl (C=O) groups excluding carboxylic acids is 1. The van der Waals surface area contributed by atoms with Gasteiger partial charge in [-0.3, -0.25) is 4.79 Å². The van der Waals surface area contributed by atoms with Crippen molar-refractivity contribution >= 4 is 46.1 Å². The molecule has 0 radical (unpaired) electrons. The average molecular weight is 331 g/mol. The molecule has 0 saturated heterocycles. The fourth-order valence-electron chi connectivity index (χ4n) is 2.74. The van der Waals surface area contributed by atoms with Gasteiger partial charge in [0, 0.05) is 0 Å². The molecule has 110 valence electrons. The van der Waals surface area contributed by atoms with E-state index in [2.05, 4.69) is 12.2 Å². The molecule has 3 N–H and O–H groups in total. The van der Waals surface area contributed by atoms with Crippen molar-refractivity contribution in [1.29, 1.82) is 0 Å². The van der Waals surface area contributed by atoms with E-state index in [1.54, 1.807) is 11.4 Å². The number of amides is 1. The van der Waals surface area contributed by atoms with E-state index in [0.29, 0.717) is 20.8 Å². The first-order chi connectivity index (χ1) is 9.48. The molecule has 0 bridgehead atoms. The van der Waals surface area contributed by atoms with Gasteiger partial charge in [0.15, 0.2) is 0 Å². The van der Waals surface area contributed by atoms with E-state index in [0.717, 1.165) is 32.1 Å². The summed E-state index contributed by atoms with van der Waals surface area (Å²) in [6.45, 7) is 2.20. The zero-order valence-electron chi connectivity index (χ0n) is 11.4. The van der Waals surface area contributed by atoms with Crippen molar-refractivity contribution in [2.75, 3.05) is 0 Å². The van der Waals surface area contributed by atoms with Crippen LogP contribution < -0.4 is 11.1 Å². The van der Waals surface area contributed by atoms with Crippen molar-refractivity contribution in [1.82, 2.24) is 5.32 Å². The van der Waals surface area contributed by atoms with E-state index in [-0.39, 0.29) is 5.91 Å². The Morgan fingerprint density at radius 2 is 2.25 bits per heavy atom. The zero-order chi connectivity index (χ0) is 14.8. The second-order valence-corrected chi connectivity index (χ2v) is 7.11. The van der Waals surface area contributed by atoms with Crippen LogP contribution in [0.5, 0.6) is 0 Å². The van der Waals surface area contributed by atoms with Gasteiger partial charge in [-0.2, -0.15) is 0 Å². The highest BCUT2D eigenvalue weighted by Crippen LogP contribution is 2.35. The van der Waals surface area contributed by atoms with Gasteiger partial charge < -0.3 is 11.1 Å². The van der Waals surface area contributed by atoms with Crippen LogP contribution >= 0.6 is 35.2 Å². The molecule has 2 rings (SSSR count). The van der Waals surface area contributed by atoms with E-state index >= 15 is 0 Å². The quantitative estimate of drug-likeness (QED) is 0.826. The number of thiophene rings is 1. The van der Waals surface area contributed by atoms with E-state index in [1.165, 1.54) is 11.3 Å². The maximum Gasteiger partial charge on any atom is 0.263 e. The van der Waals surface area contributed by atoms with E-state index in [4.69, 9.17) is 29.6 Å². The van der Waals surface area contributed by atoms with Crippen LogP contribution in [-0.4, -0.2) is 16.4 Å². The highest BCUT2D eigenvalue weighted by atomic mass is 35.5. The number of nitrogens with two attached hydrogens (primary N) is 1. The summed E-state index contributed by atoms with van der Waals surface area (Å²) in [5.41, 5.74) is 5.37. The minimum absolute atomic E-state index is 0.173. The number of halogens is 1. The molecule has 1 aromatic heterocycles. The lowest BCUT2D eigenvalue weighted by Gasteiger charge is -2.39. The van der Waals surface area contributed by atoms with Gasteiger partial charge >= 0.3 is 0 Å². The third-order valence-electron chi connectivity index (χ3n) is 4.18. The second-order valence-electron chi connectivity index (χ2n) is 5.35. The SMILES string of the molecule is CCC1CCC(NC(=O)c2sccc2Cl)(C(N)=S)CC1. The molecule has 0 spiro atoms. The van der Waals surface area contributed by atoms with Gasteiger partial charge in [0.1, 0.15) is 4.88 Å². The molecule has 0 unspecified atom stereocenters. The summed E-state index contributed by atoms with van der Waals surface area (Å²) in [4.78, 5) is 13.3. The third-order valence-corrected chi connectivity index (χ3v) is 5.91. The Bertz CT molecular complexity index is 507. The summed E-state index contributed by atoms with van der Waals surface area (Å²) >= 11 is 12.6. The average Bonchev–Trinajstić information content (AvgIpc) is 2.85. The maximum atomic E-state index is 12.4. The number of thiocarbonyl (C=S) groups is 1. The molecule has 0 aliphatic heterocycles. The van der Waals surface area contributed by atoms with Crippen LogP contribution in [0.3, 0.4) is 0 Å². The predicted octanol–water partition coefficient (Wildman–Crippen LogP) is 3.76. The van der Waals surface area contributed by atoms with Gasteiger partial charge in [-0.25, -0.2) is 0 Å². The first kappa shape index (κ1) is 15.7. The Balaban J connectivity index is 2.13. The minimum Gasteiger partial charge on any atom is -0.391 e. The van der Waals surface area contributed by atoms with Gasteiger partial charge in [-0.15, -0.1) is 11.3 Å². The Hall–Kier alpha value is -0.650. The first-order valence-corrected chi connectivity index (χ1v) is 8.50. The molecule has 1 aliphatic rings. The summed E-state index contributed by atoms with van der Waals surface area (Å²) < 4.78 is 0. The molecular weight excluding hydrogens is 312 g/mol. The van der Waals surface area contributed by atoms with Crippen molar-refractivity contribution in [2.24, 2.45) is 11.7 Å². The molecule has 1 aromatic rings. The summed E-state index contributed by atoms with van der Waals surface area (Å²) in [5.74, 6) is 0.535. The monoisotopic (exact) mass is 330 g/mol. The largest absolute Gasteiger partial charge is 0.391 e. The number of carbonyl (C=O) groups is 1. The minimum atomic E-state index is -0.550. The summed E-state index contributed by atoms with van der Waals surface area (Å²) in [5, 5.41) is 5.32. The van der Waals surface area contributed by atoms with E-state index < -0.39 is 5.54 Å². The molecule has 1 saturated carbocycles. The van der Waals surface area contributed by atoms with Gasteiger partial charge in [0.05, 0.1) is 15.6 Å². The van der Waals surface area contributed by atoms with Crippen LogP contribution in [0.15, 0.2) is 11.4 Å². The molecule has 20 heavy (non-hydrogen) atoms. The van der Waals surface area contributed by atoms with Gasteiger partial charge in [-0.1, -0.05) is 37.2 Å². The fourth-order valence-corrected chi connectivity index (χ4v) is 4.03. The van der Waals surface area contributed by atoms with E-state index in [1.807, 2.05) is 0 Å². The molecule has 0 atom stereocenters. The summed E-state index contributed by atoms with van der Waals surface area (Å²) in [6, 6.07) is 1.72. The lowest BCUT2D eigenvalue weighted by Crippen LogP contribution is -2.58. The Kier molecular flexibility index (Phi) is 5.04. The standard InChI is InChI=1S/C14H19ClN2OS2/c1-2-9-3-6-14(7-4-9,13(16)19)17-12(18)11-10(15)5-8-20-11/h5,8-9H,2-4,6-7H2,1H3,(H2,16,19)(H,17,18). The highest BCUT2D eigenvalue weighted by molar-refractivity contribution is 7.80. The number of hydrogen-bond acceptors (Lipinski definition) is 3. The van der Waals surface area contributed by atoms with Gasteiger partial charge in [0.2, 0.25) is 0 Å². The maximum absolute atomic E-state index is 12.4. The molecular formula is C14H19ClN2OS2. The van der Waals surface area contributed by atoms with Gasteiger partial charge in [0.25, 0.3) is 5.91 Å². The van der Waals surface area contributed by atoms with Crippen LogP contribution in [0.2, 0.25) is 5.02 Å². The molecule has 6 heteroatoms. The Morgan fingerprint density at radius 3 is 2.70 bits per heavy atom. The number of rotatable bonds is 4. The number of hydrogen-bond donors (Lipinski definition) is 2. The molecule has 1 aliphatic carbocycles. The smallest absolute Gasteiger partial charge is 0.263 e. The molecule has 0 aromatic carbocycles. The normalized spacial score (nSPS) is 26.2. The topological polar surface area (TPSA) is 55.1 Å². The van der Waals surface area contributed by atoms with Crippen molar-refractivity contribution in [2.45, 2.75) is 44.6 Å². The van der Waals surface area contributed by atoms with Crippen molar-refractivity contribution < 1.29 is 4.79 Å². The lowest BCUT2D eigenvalue weighted by molar-refractivity contribution is 0.0902. The summed E-state index contributed by atoms with van der Waals surface area (Å²) in [7, 11) is 0. The van der Waals surface area contributed by atoms with Crippen LogP contribution in [0.25, 0.3) is 0 Å². The van der Waals surface area contributed by atoms with Crippen molar-refractivity contribution in [3.8, 4) is 0 Å². The molecule has 1 fully saturated rings. The van der Waals surface area contributed by atoms with Gasteiger partial charge in [-0.05, 0) is 43.0 Å². The van der Waals surface area contributed by atoms with E-state index in [9.17, 15) is 4.79 Å². The van der Waals surface area contributed by atoms with Crippen molar-refractivity contribution in [3.63, 3.8) is 0 Å². The Labute approximate surface area is 133 Å². The second kappa shape index (κ2) is 6.41. The van der Waals surface area contributed by atoms with Crippen LogP contribution in [0.1, 0.15) is 48.7 Å². The first-order valence-electron chi connectivity index (χ1n) is 6.84. The number of nitrogens with one attached hydrogen (secondary N) is 1. The van der Waals surface area contributed by atoms with Crippen LogP contribution in [0.4, 0.5) is 0 Å². The molecule has 1 amide bonds. The van der Waals surface area contributed by atoms with Crippen LogP contribution in [0, 0.1) is 5.92 Å². The molecule has 1 heterocycles. The lowest BCUT2D eigenvalue weighted by atomic mass is 9.75. The fraction of sp³-hybridized carbons (Fsp3) is 0.571. The van der Waals surface area contributed by atoms with Crippen molar-refractivity contribution in [3.05, 3.63) is 21.3 Å². The zero-order valence-corrected chi connectivity index (χ0v) is 13.8. The highest BCUT2D eigenvalue weighted by Gasteiger charge is 2.39.